The number of hydrogen-bond donors (Lipinski definition) is 2. The predicted molar refractivity (Wildman–Crippen MR) is 81.6 cm³/mol. The van der Waals surface area contributed by atoms with E-state index >= 15 is 0 Å². The van der Waals surface area contributed by atoms with E-state index in [2.05, 4.69) is 15.5 Å². The van der Waals surface area contributed by atoms with Crippen LogP contribution >= 0.6 is 0 Å². The Bertz CT molecular complexity index is 671. The zero-order chi connectivity index (χ0) is 16.2. The number of hydrogen-bond acceptors (Lipinski definition) is 4. The van der Waals surface area contributed by atoms with E-state index in [1.165, 1.54) is 23.1 Å². The van der Waals surface area contributed by atoms with Gasteiger partial charge in [0.25, 0.3) is 5.91 Å². The molecule has 0 aliphatic heterocycles. The molecule has 2 aromatic rings. The minimum atomic E-state index is -0.339. The highest BCUT2D eigenvalue weighted by Gasteiger charge is 2.21. The van der Waals surface area contributed by atoms with Gasteiger partial charge >= 0.3 is 0 Å². The van der Waals surface area contributed by atoms with Gasteiger partial charge in [-0.05, 0) is 49.4 Å². The number of halogens is 1. The fourth-order valence-corrected chi connectivity index (χ4v) is 2.84. The molecule has 7 heteroatoms. The van der Waals surface area contributed by atoms with Crippen LogP contribution in [0, 0.1) is 11.7 Å². The van der Waals surface area contributed by atoms with Crippen LogP contribution in [0.25, 0.3) is 5.69 Å². The molecule has 0 bridgehead atoms. The van der Waals surface area contributed by atoms with E-state index < -0.39 is 0 Å². The van der Waals surface area contributed by atoms with E-state index in [-0.39, 0.29) is 23.5 Å². The van der Waals surface area contributed by atoms with Crippen molar-refractivity contribution in [1.82, 2.24) is 20.3 Å². The molecular formula is C16H19FN4O2. The summed E-state index contributed by atoms with van der Waals surface area (Å²) >= 11 is 0. The van der Waals surface area contributed by atoms with Crippen LogP contribution in [-0.4, -0.2) is 38.7 Å². The summed E-state index contributed by atoms with van der Waals surface area (Å²) in [5.74, 6) is -0.332. The zero-order valence-corrected chi connectivity index (χ0v) is 12.7. The maximum atomic E-state index is 12.9. The summed E-state index contributed by atoms with van der Waals surface area (Å²) in [6.07, 6.45) is 4.69. The maximum Gasteiger partial charge on any atom is 0.273 e. The third-order valence-corrected chi connectivity index (χ3v) is 4.09. The number of rotatable bonds is 4. The smallest absolute Gasteiger partial charge is 0.273 e. The first-order valence-corrected chi connectivity index (χ1v) is 7.76. The van der Waals surface area contributed by atoms with Crippen molar-refractivity contribution < 1.29 is 14.3 Å². The Kier molecular flexibility index (Phi) is 4.66. The van der Waals surface area contributed by atoms with Gasteiger partial charge in [-0.15, -0.1) is 5.10 Å². The lowest BCUT2D eigenvalue weighted by Gasteiger charge is -2.25. The maximum absolute atomic E-state index is 12.9. The Morgan fingerprint density at radius 1 is 1.35 bits per heavy atom. The molecule has 1 aliphatic rings. The summed E-state index contributed by atoms with van der Waals surface area (Å²) in [6, 6.07) is 5.71. The lowest BCUT2D eigenvalue weighted by atomic mass is 9.87. The number of aromatic nitrogens is 3. The Morgan fingerprint density at radius 3 is 2.87 bits per heavy atom. The summed E-state index contributed by atoms with van der Waals surface area (Å²) < 4.78 is 12.9. The van der Waals surface area contributed by atoms with Crippen molar-refractivity contribution in [3.05, 3.63) is 42.0 Å². The highest BCUT2D eigenvalue weighted by Crippen LogP contribution is 2.23. The van der Waals surface area contributed by atoms with Crippen LogP contribution in [0.5, 0.6) is 0 Å². The van der Waals surface area contributed by atoms with Crippen LogP contribution in [0.4, 0.5) is 4.39 Å². The van der Waals surface area contributed by atoms with Crippen molar-refractivity contribution in [3.8, 4) is 5.69 Å². The standard InChI is InChI=1S/C16H19FN4O2/c17-12-4-6-13(7-5-12)21-19-10-15(20-21)16(23)18-9-11-2-1-3-14(22)8-11/h4-7,10-11,14,22H,1-3,8-9H2,(H,18,23). The van der Waals surface area contributed by atoms with Gasteiger partial charge in [-0.3, -0.25) is 4.79 Å². The molecular weight excluding hydrogens is 299 g/mol. The lowest BCUT2D eigenvalue weighted by Crippen LogP contribution is -2.33. The summed E-state index contributed by atoms with van der Waals surface area (Å²) in [7, 11) is 0. The van der Waals surface area contributed by atoms with Gasteiger partial charge in [0.15, 0.2) is 5.69 Å². The fraction of sp³-hybridized carbons (Fsp3) is 0.438. The Morgan fingerprint density at radius 2 is 2.13 bits per heavy atom. The Balaban J connectivity index is 1.59. The SMILES string of the molecule is O=C(NCC1CCCC(O)C1)c1cnn(-c2ccc(F)cc2)n1. The monoisotopic (exact) mass is 318 g/mol. The highest BCUT2D eigenvalue weighted by atomic mass is 19.1. The van der Waals surface area contributed by atoms with Crippen LogP contribution < -0.4 is 5.32 Å². The third-order valence-electron chi connectivity index (χ3n) is 4.09. The topological polar surface area (TPSA) is 80.0 Å². The van der Waals surface area contributed by atoms with Crippen molar-refractivity contribution in [3.63, 3.8) is 0 Å². The second kappa shape index (κ2) is 6.87. The number of amides is 1. The number of carbonyl (C=O) groups is 1. The van der Waals surface area contributed by atoms with Gasteiger partial charge in [-0.2, -0.15) is 9.90 Å². The average molecular weight is 318 g/mol. The molecule has 6 nitrogen and oxygen atoms in total. The third kappa shape index (κ3) is 3.92. The fourth-order valence-electron chi connectivity index (χ4n) is 2.84. The molecule has 1 aromatic carbocycles. The quantitative estimate of drug-likeness (QED) is 0.899. The summed E-state index contributed by atoms with van der Waals surface area (Å²) in [6.45, 7) is 0.527. The second-order valence-corrected chi connectivity index (χ2v) is 5.89. The highest BCUT2D eigenvalue weighted by molar-refractivity contribution is 5.91. The number of nitrogens with one attached hydrogen (secondary N) is 1. The predicted octanol–water partition coefficient (Wildman–Crippen LogP) is 1.69. The normalized spacial score (nSPS) is 21.1. The largest absolute Gasteiger partial charge is 0.393 e. The van der Waals surface area contributed by atoms with E-state index in [9.17, 15) is 14.3 Å². The van der Waals surface area contributed by atoms with Crippen molar-refractivity contribution in [2.75, 3.05) is 6.54 Å². The molecule has 122 valence electrons. The molecule has 1 aromatic heterocycles. The molecule has 1 amide bonds. The molecule has 23 heavy (non-hydrogen) atoms. The van der Waals surface area contributed by atoms with Crippen molar-refractivity contribution in [2.24, 2.45) is 5.92 Å². The second-order valence-electron chi connectivity index (χ2n) is 5.89. The van der Waals surface area contributed by atoms with Crippen molar-refractivity contribution in [1.29, 1.82) is 0 Å². The molecule has 2 N–H and O–H groups in total. The lowest BCUT2D eigenvalue weighted by molar-refractivity contribution is 0.0870. The molecule has 0 saturated heterocycles. The van der Waals surface area contributed by atoms with Crippen molar-refractivity contribution in [2.45, 2.75) is 31.8 Å². The summed E-state index contributed by atoms with van der Waals surface area (Å²) in [4.78, 5) is 13.4. The van der Waals surface area contributed by atoms with Gasteiger partial charge in [-0.25, -0.2) is 4.39 Å². The number of aliphatic hydroxyl groups is 1. The summed E-state index contributed by atoms with van der Waals surface area (Å²) in [5, 5.41) is 20.6. The van der Waals surface area contributed by atoms with Crippen molar-refractivity contribution >= 4 is 5.91 Å². The van der Waals surface area contributed by atoms with E-state index in [4.69, 9.17) is 0 Å². The van der Waals surface area contributed by atoms with Crippen LogP contribution in [-0.2, 0) is 0 Å². The molecule has 1 fully saturated rings. The van der Waals surface area contributed by atoms with Crippen LogP contribution in [0.1, 0.15) is 36.2 Å². The van der Waals surface area contributed by atoms with Gasteiger partial charge < -0.3 is 10.4 Å². The Hall–Kier alpha value is -2.28. The molecule has 2 atom stereocenters. The molecule has 3 rings (SSSR count). The first-order valence-electron chi connectivity index (χ1n) is 7.76. The van der Waals surface area contributed by atoms with Gasteiger partial charge in [0.05, 0.1) is 18.0 Å². The van der Waals surface area contributed by atoms with E-state index in [0.29, 0.717) is 18.2 Å². The van der Waals surface area contributed by atoms with E-state index in [0.717, 1.165) is 25.7 Å². The first kappa shape index (κ1) is 15.6. The number of benzene rings is 1. The molecule has 1 saturated carbocycles. The van der Waals surface area contributed by atoms with Gasteiger partial charge in [0.1, 0.15) is 5.82 Å². The van der Waals surface area contributed by atoms with Crippen LogP contribution in [0.15, 0.2) is 30.5 Å². The van der Waals surface area contributed by atoms with E-state index in [1.54, 1.807) is 12.1 Å². The molecule has 0 spiro atoms. The van der Waals surface area contributed by atoms with Crippen LogP contribution in [0.3, 0.4) is 0 Å². The minimum absolute atomic E-state index is 0.214. The minimum Gasteiger partial charge on any atom is -0.393 e. The molecule has 2 unspecified atom stereocenters. The number of nitrogens with zero attached hydrogens (tertiary/aromatic N) is 3. The number of aliphatic hydroxyl groups excluding tert-OH is 1. The number of carbonyl (C=O) groups excluding carboxylic acids is 1. The van der Waals surface area contributed by atoms with Gasteiger partial charge in [-0.1, -0.05) is 6.42 Å². The Labute approximate surface area is 133 Å². The molecule has 0 radical (unpaired) electrons. The first-order chi connectivity index (χ1) is 11.1. The summed E-state index contributed by atoms with van der Waals surface area (Å²) in [5.41, 5.74) is 0.798. The molecule has 1 heterocycles. The molecule has 1 aliphatic carbocycles. The van der Waals surface area contributed by atoms with Gasteiger partial charge in [0.2, 0.25) is 0 Å². The van der Waals surface area contributed by atoms with E-state index in [1.807, 2.05) is 0 Å². The average Bonchev–Trinajstić information content (AvgIpc) is 3.03. The zero-order valence-electron chi connectivity index (χ0n) is 12.7. The van der Waals surface area contributed by atoms with Crippen LogP contribution in [0.2, 0.25) is 0 Å². The van der Waals surface area contributed by atoms with Gasteiger partial charge in [0, 0.05) is 6.54 Å².